The molecule has 3 nitrogen and oxygen atoms in total. The van der Waals surface area contributed by atoms with Crippen molar-refractivity contribution < 1.29 is 0 Å². The summed E-state index contributed by atoms with van der Waals surface area (Å²) in [4.78, 5) is 4.34. The average Bonchev–Trinajstić information content (AvgIpc) is 2.40. The Morgan fingerprint density at radius 3 is 3.00 bits per heavy atom. The quantitative estimate of drug-likeness (QED) is 0.810. The molecule has 4 heteroatoms. The van der Waals surface area contributed by atoms with Crippen LogP contribution in [0.4, 0.5) is 11.4 Å². The highest BCUT2D eigenvalue weighted by Crippen LogP contribution is 2.27. The molecule has 0 saturated carbocycles. The van der Waals surface area contributed by atoms with E-state index in [4.69, 9.17) is 5.73 Å². The van der Waals surface area contributed by atoms with Crippen LogP contribution in [0.25, 0.3) is 10.9 Å². The number of aromatic nitrogens is 1. The highest BCUT2D eigenvalue weighted by atomic mass is 32.2. The predicted molar refractivity (Wildman–Crippen MR) is 82.2 cm³/mol. The molecular formula is C14H19N3S. The Bertz CT molecular complexity index is 527. The van der Waals surface area contributed by atoms with Crippen LogP contribution in [0.1, 0.15) is 13.3 Å². The van der Waals surface area contributed by atoms with Crippen molar-refractivity contribution in [2.75, 3.05) is 23.1 Å². The summed E-state index contributed by atoms with van der Waals surface area (Å²) in [5, 5.41) is 4.63. The minimum absolute atomic E-state index is 0.449. The maximum Gasteiger partial charge on any atom is 0.0951 e. The molecule has 0 amide bonds. The number of nitrogens with zero attached hydrogens (tertiary/aromatic N) is 1. The molecular weight excluding hydrogens is 242 g/mol. The lowest BCUT2D eigenvalue weighted by Gasteiger charge is -2.16. The van der Waals surface area contributed by atoms with E-state index < -0.39 is 0 Å². The fraction of sp³-hybridized carbons (Fsp3) is 0.357. The van der Waals surface area contributed by atoms with E-state index in [0.717, 1.165) is 28.7 Å². The first-order valence-corrected chi connectivity index (χ1v) is 7.50. The molecule has 0 bridgehead atoms. The third-order valence-corrected chi connectivity index (χ3v) is 3.60. The molecule has 0 saturated heterocycles. The number of hydrogen-bond donors (Lipinski definition) is 2. The Balaban J connectivity index is 2.26. The molecule has 96 valence electrons. The molecule has 1 aromatic carbocycles. The van der Waals surface area contributed by atoms with Gasteiger partial charge in [-0.2, -0.15) is 11.8 Å². The van der Waals surface area contributed by atoms with Crippen molar-refractivity contribution in [3.8, 4) is 0 Å². The van der Waals surface area contributed by atoms with Crippen LogP contribution in [0.15, 0.2) is 30.5 Å². The van der Waals surface area contributed by atoms with E-state index in [1.54, 1.807) is 6.20 Å². The van der Waals surface area contributed by atoms with Crippen molar-refractivity contribution in [2.24, 2.45) is 0 Å². The lowest BCUT2D eigenvalue weighted by Crippen LogP contribution is -2.16. The van der Waals surface area contributed by atoms with E-state index in [1.807, 2.05) is 30.0 Å². The van der Waals surface area contributed by atoms with Crippen LogP contribution in [0, 0.1) is 0 Å². The molecule has 2 rings (SSSR count). The number of pyridine rings is 1. The van der Waals surface area contributed by atoms with Gasteiger partial charge in [0.1, 0.15) is 0 Å². The molecule has 0 spiro atoms. The Labute approximate surface area is 112 Å². The van der Waals surface area contributed by atoms with E-state index in [1.165, 1.54) is 5.75 Å². The maximum absolute atomic E-state index is 5.94. The number of nitrogen functional groups attached to an aromatic ring is 1. The van der Waals surface area contributed by atoms with Gasteiger partial charge in [-0.15, -0.1) is 0 Å². The molecule has 1 aromatic heterocycles. The summed E-state index contributed by atoms with van der Waals surface area (Å²) >= 11 is 1.87. The third kappa shape index (κ3) is 2.88. The number of rotatable bonds is 5. The summed E-state index contributed by atoms with van der Waals surface area (Å²) < 4.78 is 0. The van der Waals surface area contributed by atoms with Crippen molar-refractivity contribution in [1.29, 1.82) is 0 Å². The molecule has 0 aliphatic rings. The third-order valence-electron chi connectivity index (χ3n) is 2.96. The van der Waals surface area contributed by atoms with E-state index in [0.29, 0.717) is 6.04 Å². The summed E-state index contributed by atoms with van der Waals surface area (Å²) in [5.74, 6) is 1.17. The van der Waals surface area contributed by atoms with Gasteiger partial charge in [0.2, 0.25) is 0 Å². The van der Waals surface area contributed by atoms with Crippen LogP contribution in [-0.2, 0) is 0 Å². The zero-order valence-electron chi connectivity index (χ0n) is 10.8. The number of hydrogen-bond acceptors (Lipinski definition) is 4. The van der Waals surface area contributed by atoms with Crippen molar-refractivity contribution in [3.63, 3.8) is 0 Å². The van der Waals surface area contributed by atoms with Gasteiger partial charge in [-0.1, -0.05) is 0 Å². The van der Waals surface area contributed by atoms with Gasteiger partial charge >= 0.3 is 0 Å². The van der Waals surface area contributed by atoms with Crippen LogP contribution in [0.5, 0.6) is 0 Å². The summed E-state index contributed by atoms with van der Waals surface area (Å²) in [7, 11) is 0. The Morgan fingerprint density at radius 2 is 2.22 bits per heavy atom. The number of nitrogens with one attached hydrogen (secondary N) is 1. The van der Waals surface area contributed by atoms with Crippen LogP contribution in [0.3, 0.4) is 0 Å². The summed E-state index contributed by atoms with van der Waals surface area (Å²) in [5.41, 5.74) is 8.66. The first kappa shape index (κ1) is 13.0. The van der Waals surface area contributed by atoms with Gasteiger partial charge in [-0.3, -0.25) is 4.98 Å². The number of nitrogens with two attached hydrogens (primary N) is 1. The Morgan fingerprint density at radius 1 is 1.39 bits per heavy atom. The topological polar surface area (TPSA) is 50.9 Å². The standard InChI is InChI=1S/C14H19N3S/c1-10(7-9-18-2)17-13-6-5-12(15)14-11(13)4-3-8-16-14/h3-6,8,10,17H,7,9,15H2,1-2H3. The van der Waals surface area contributed by atoms with Crippen molar-refractivity contribution in [2.45, 2.75) is 19.4 Å². The molecule has 2 aromatic rings. The van der Waals surface area contributed by atoms with Crippen LogP contribution in [-0.4, -0.2) is 23.0 Å². The van der Waals surface area contributed by atoms with E-state index in [9.17, 15) is 0 Å². The van der Waals surface area contributed by atoms with Crippen LogP contribution >= 0.6 is 11.8 Å². The normalized spacial score (nSPS) is 12.6. The Hall–Kier alpha value is -1.42. The minimum Gasteiger partial charge on any atom is -0.397 e. The highest BCUT2D eigenvalue weighted by molar-refractivity contribution is 7.98. The molecule has 0 radical (unpaired) electrons. The Kier molecular flexibility index (Phi) is 4.31. The molecule has 1 atom stereocenters. The van der Waals surface area contributed by atoms with E-state index in [2.05, 4.69) is 29.5 Å². The van der Waals surface area contributed by atoms with Crippen molar-refractivity contribution in [3.05, 3.63) is 30.5 Å². The summed E-state index contributed by atoms with van der Waals surface area (Å²) in [6.45, 7) is 2.20. The smallest absolute Gasteiger partial charge is 0.0951 e. The largest absolute Gasteiger partial charge is 0.397 e. The second kappa shape index (κ2) is 5.96. The lowest BCUT2D eigenvalue weighted by molar-refractivity contribution is 0.773. The summed E-state index contributed by atoms with van der Waals surface area (Å²) in [6.07, 6.45) is 5.06. The first-order valence-electron chi connectivity index (χ1n) is 6.11. The fourth-order valence-corrected chi connectivity index (χ4v) is 2.54. The average molecular weight is 261 g/mol. The van der Waals surface area contributed by atoms with Gasteiger partial charge < -0.3 is 11.1 Å². The number of fused-ring (bicyclic) bond motifs is 1. The molecule has 3 N–H and O–H groups in total. The summed E-state index contributed by atoms with van der Waals surface area (Å²) in [6, 6.07) is 8.40. The molecule has 1 heterocycles. The van der Waals surface area contributed by atoms with E-state index in [-0.39, 0.29) is 0 Å². The molecule has 1 unspecified atom stereocenters. The van der Waals surface area contributed by atoms with Gasteiger partial charge in [0.25, 0.3) is 0 Å². The highest BCUT2D eigenvalue weighted by Gasteiger charge is 2.07. The van der Waals surface area contributed by atoms with Crippen molar-refractivity contribution in [1.82, 2.24) is 4.98 Å². The van der Waals surface area contributed by atoms with Gasteiger partial charge in [0.15, 0.2) is 0 Å². The van der Waals surface area contributed by atoms with E-state index >= 15 is 0 Å². The van der Waals surface area contributed by atoms with Crippen LogP contribution in [0.2, 0.25) is 0 Å². The molecule has 0 aliphatic carbocycles. The lowest BCUT2D eigenvalue weighted by atomic mass is 10.1. The predicted octanol–water partition coefficient (Wildman–Crippen LogP) is 3.37. The van der Waals surface area contributed by atoms with Gasteiger partial charge in [0, 0.05) is 23.3 Å². The fourth-order valence-electron chi connectivity index (χ4n) is 1.95. The number of benzene rings is 1. The van der Waals surface area contributed by atoms with Gasteiger partial charge in [0.05, 0.1) is 11.2 Å². The zero-order valence-corrected chi connectivity index (χ0v) is 11.6. The molecule has 0 aliphatic heterocycles. The number of anilines is 2. The maximum atomic E-state index is 5.94. The number of thioether (sulfide) groups is 1. The van der Waals surface area contributed by atoms with Crippen molar-refractivity contribution >= 4 is 34.0 Å². The second-order valence-electron chi connectivity index (χ2n) is 4.43. The SMILES string of the molecule is CSCCC(C)Nc1ccc(N)c2ncccc12. The first-order chi connectivity index (χ1) is 8.72. The monoisotopic (exact) mass is 261 g/mol. The van der Waals surface area contributed by atoms with Gasteiger partial charge in [-0.05, 0) is 49.6 Å². The zero-order chi connectivity index (χ0) is 13.0. The van der Waals surface area contributed by atoms with Crippen LogP contribution < -0.4 is 11.1 Å². The molecule has 18 heavy (non-hydrogen) atoms. The molecule has 0 fully saturated rings. The second-order valence-corrected chi connectivity index (χ2v) is 5.41. The van der Waals surface area contributed by atoms with Gasteiger partial charge in [-0.25, -0.2) is 0 Å². The minimum atomic E-state index is 0.449.